The van der Waals surface area contributed by atoms with Gasteiger partial charge in [0.15, 0.2) is 0 Å². The molecular weight excluding hydrogens is 659 g/mol. The number of hydrogen-bond acceptors (Lipinski definition) is 2. The van der Waals surface area contributed by atoms with E-state index in [4.69, 9.17) is 0 Å². The third kappa shape index (κ3) is 5.18. The molecule has 2 aliphatic carbocycles. The number of anilines is 3. The first-order chi connectivity index (χ1) is 26.0. The highest BCUT2D eigenvalue weighted by Crippen LogP contribution is 2.52. The maximum atomic E-state index is 2.48. The zero-order valence-corrected chi connectivity index (χ0v) is 31.3. The van der Waals surface area contributed by atoms with E-state index in [1.807, 2.05) is 11.3 Å². The summed E-state index contributed by atoms with van der Waals surface area (Å²) in [6, 6.07) is 61.7. The van der Waals surface area contributed by atoms with Crippen LogP contribution in [0.25, 0.3) is 42.4 Å². The van der Waals surface area contributed by atoms with Crippen molar-refractivity contribution in [1.29, 1.82) is 0 Å². The zero-order valence-electron chi connectivity index (χ0n) is 30.5. The highest BCUT2D eigenvalue weighted by atomic mass is 32.1. The summed E-state index contributed by atoms with van der Waals surface area (Å²) < 4.78 is 2.63. The molecule has 0 spiro atoms. The van der Waals surface area contributed by atoms with Crippen molar-refractivity contribution in [2.75, 3.05) is 4.90 Å². The lowest BCUT2D eigenvalue weighted by Crippen LogP contribution is -2.30. The van der Waals surface area contributed by atoms with Crippen molar-refractivity contribution in [2.45, 2.75) is 56.8 Å². The fourth-order valence-corrected chi connectivity index (χ4v) is 10.9. The minimum Gasteiger partial charge on any atom is -0.310 e. The lowest BCUT2D eigenvalue weighted by atomic mass is 9.65. The van der Waals surface area contributed by atoms with Crippen molar-refractivity contribution in [3.63, 3.8) is 0 Å². The third-order valence-corrected chi connectivity index (χ3v) is 13.5. The van der Waals surface area contributed by atoms with Crippen LogP contribution in [0.15, 0.2) is 164 Å². The van der Waals surface area contributed by atoms with E-state index in [1.165, 1.54) is 114 Å². The van der Waals surface area contributed by atoms with Gasteiger partial charge in [-0.05, 0) is 99.8 Å². The Morgan fingerprint density at radius 2 is 1.09 bits per heavy atom. The van der Waals surface area contributed by atoms with E-state index < -0.39 is 0 Å². The first-order valence-electron chi connectivity index (χ1n) is 19.2. The molecule has 7 aromatic carbocycles. The molecule has 0 N–H and O–H groups in total. The number of benzene rings is 7. The van der Waals surface area contributed by atoms with Gasteiger partial charge in [-0.15, -0.1) is 11.3 Å². The van der Waals surface area contributed by atoms with Gasteiger partial charge in [-0.25, -0.2) is 0 Å². The van der Waals surface area contributed by atoms with E-state index in [0.29, 0.717) is 0 Å². The minimum absolute atomic E-state index is 0.0326. The molecule has 0 atom stereocenters. The van der Waals surface area contributed by atoms with Gasteiger partial charge in [0.2, 0.25) is 0 Å². The van der Waals surface area contributed by atoms with Crippen LogP contribution in [-0.2, 0) is 10.8 Å². The predicted molar refractivity (Wildman–Crippen MR) is 227 cm³/mol. The number of hydrogen-bond donors (Lipinski definition) is 0. The molecule has 1 nitrogen and oxygen atoms in total. The molecule has 10 rings (SSSR count). The van der Waals surface area contributed by atoms with Crippen molar-refractivity contribution in [1.82, 2.24) is 0 Å². The van der Waals surface area contributed by atoms with Crippen molar-refractivity contribution in [3.8, 4) is 22.3 Å². The summed E-state index contributed by atoms with van der Waals surface area (Å²) in [4.78, 5) is 2.48. The summed E-state index contributed by atoms with van der Waals surface area (Å²) in [6.07, 6.45) is 6.28. The van der Waals surface area contributed by atoms with E-state index in [2.05, 4.69) is 183 Å². The average Bonchev–Trinajstić information content (AvgIpc) is 3.70. The van der Waals surface area contributed by atoms with Gasteiger partial charge < -0.3 is 4.90 Å². The monoisotopic (exact) mass is 701 g/mol. The molecule has 0 saturated heterocycles. The molecule has 2 aliphatic rings. The van der Waals surface area contributed by atoms with Gasteiger partial charge in [-0.2, -0.15) is 0 Å². The Bertz CT molecular complexity index is 2610. The van der Waals surface area contributed by atoms with Crippen molar-refractivity contribution >= 4 is 48.6 Å². The van der Waals surface area contributed by atoms with Gasteiger partial charge in [0.05, 0.1) is 0 Å². The summed E-state index contributed by atoms with van der Waals surface area (Å²) in [7, 11) is 0. The molecule has 0 amide bonds. The Hall–Kier alpha value is -5.44. The van der Waals surface area contributed by atoms with E-state index in [1.54, 1.807) is 0 Å². The van der Waals surface area contributed by atoms with Crippen LogP contribution < -0.4 is 4.90 Å². The van der Waals surface area contributed by atoms with Crippen LogP contribution in [0.4, 0.5) is 17.1 Å². The Morgan fingerprint density at radius 3 is 1.89 bits per heavy atom. The second-order valence-corrected chi connectivity index (χ2v) is 16.7. The van der Waals surface area contributed by atoms with Crippen LogP contribution in [0.1, 0.15) is 68.2 Å². The van der Waals surface area contributed by atoms with Crippen molar-refractivity contribution in [2.24, 2.45) is 0 Å². The lowest BCUT2D eigenvalue weighted by molar-refractivity contribution is 0.346. The average molecular weight is 702 g/mol. The van der Waals surface area contributed by atoms with Gasteiger partial charge in [0, 0.05) is 48.1 Å². The van der Waals surface area contributed by atoms with Gasteiger partial charge in [-0.1, -0.05) is 154 Å². The predicted octanol–water partition coefficient (Wildman–Crippen LogP) is 14.7. The Balaban J connectivity index is 1.14. The molecule has 258 valence electrons. The van der Waals surface area contributed by atoms with Gasteiger partial charge in [0.25, 0.3) is 0 Å². The maximum absolute atomic E-state index is 2.48. The summed E-state index contributed by atoms with van der Waals surface area (Å²) in [5.41, 5.74) is 14.5. The molecule has 0 unspecified atom stereocenters. The smallest absolute Gasteiger partial charge is 0.0476 e. The first-order valence-corrected chi connectivity index (χ1v) is 20.0. The molecule has 1 saturated carbocycles. The van der Waals surface area contributed by atoms with Gasteiger partial charge >= 0.3 is 0 Å². The molecule has 0 radical (unpaired) electrons. The molecule has 8 aromatic rings. The van der Waals surface area contributed by atoms with Crippen LogP contribution >= 0.6 is 11.3 Å². The van der Waals surface area contributed by atoms with Crippen molar-refractivity contribution in [3.05, 3.63) is 186 Å². The van der Waals surface area contributed by atoms with Crippen LogP contribution in [0.3, 0.4) is 0 Å². The number of nitrogens with zero attached hydrogens (tertiary/aromatic N) is 1. The highest BCUT2D eigenvalue weighted by Gasteiger charge is 2.37. The number of rotatable bonds is 6. The summed E-state index contributed by atoms with van der Waals surface area (Å²) in [5, 5.41) is 2.66. The third-order valence-electron chi connectivity index (χ3n) is 12.4. The number of thiophene rings is 1. The molecule has 53 heavy (non-hydrogen) atoms. The van der Waals surface area contributed by atoms with Crippen LogP contribution in [-0.4, -0.2) is 0 Å². The molecule has 1 aromatic heterocycles. The van der Waals surface area contributed by atoms with Crippen LogP contribution in [0.5, 0.6) is 0 Å². The summed E-state index contributed by atoms with van der Waals surface area (Å²) in [5.74, 6) is 0. The largest absolute Gasteiger partial charge is 0.310 e. The zero-order chi connectivity index (χ0) is 35.6. The van der Waals surface area contributed by atoms with Crippen LogP contribution in [0, 0.1) is 0 Å². The van der Waals surface area contributed by atoms with E-state index in [-0.39, 0.29) is 10.8 Å². The summed E-state index contributed by atoms with van der Waals surface area (Å²) in [6.45, 7) is 4.72. The Kier molecular flexibility index (Phi) is 7.67. The maximum Gasteiger partial charge on any atom is 0.0476 e. The van der Waals surface area contributed by atoms with Gasteiger partial charge in [-0.3, -0.25) is 0 Å². The normalized spacial score (nSPS) is 15.7. The molecule has 0 aliphatic heterocycles. The van der Waals surface area contributed by atoms with E-state index in [0.717, 1.165) is 0 Å². The SMILES string of the molecule is CC1(C)c2ccccc2-c2cc(N(c3ccc(C4(c5ccccc5)CCCCC4)cc3)c3ccc4c(c3)sc3cccc(-c5ccccc5)c34)ccc21. The molecule has 2 heteroatoms. The van der Waals surface area contributed by atoms with E-state index >= 15 is 0 Å². The lowest BCUT2D eigenvalue weighted by Gasteiger charge is -2.39. The van der Waals surface area contributed by atoms with E-state index in [9.17, 15) is 0 Å². The Morgan fingerprint density at radius 1 is 0.472 bits per heavy atom. The van der Waals surface area contributed by atoms with Crippen molar-refractivity contribution < 1.29 is 0 Å². The minimum atomic E-state index is -0.0326. The molecule has 0 bridgehead atoms. The summed E-state index contributed by atoms with van der Waals surface area (Å²) >= 11 is 1.89. The van der Waals surface area contributed by atoms with Gasteiger partial charge in [0.1, 0.15) is 0 Å². The Labute approximate surface area is 317 Å². The first kappa shape index (κ1) is 32.2. The molecular formula is C51H43NS. The fraction of sp³-hybridized carbons (Fsp3) is 0.176. The second-order valence-electron chi connectivity index (χ2n) is 15.6. The highest BCUT2D eigenvalue weighted by molar-refractivity contribution is 7.26. The quantitative estimate of drug-likeness (QED) is 0.167. The molecule has 1 fully saturated rings. The fourth-order valence-electron chi connectivity index (χ4n) is 9.69. The number of fused-ring (bicyclic) bond motifs is 6. The van der Waals surface area contributed by atoms with Crippen LogP contribution in [0.2, 0.25) is 0 Å². The topological polar surface area (TPSA) is 3.24 Å². The second kappa shape index (κ2) is 12.6. The standard InChI is InChI=1S/C51H43NS/c1-50(2)45-21-11-10-19-42(45)44-33-39(28-30-46(44)50)52(38-25-23-37(24-26-38)51(31-12-5-13-32-51)36-17-8-4-9-18-36)40-27-29-43-48(34-40)53-47-22-14-20-41(49(43)47)35-15-6-3-7-16-35/h3-4,6-11,14-30,33-34H,5,12-13,31-32H2,1-2H3. The molecule has 1 heterocycles.